The van der Waals surface area contributed by atoms with Crippen molar-refractivity contribution >= 4 is 10.8 Å². The van der Waals surface area contributed by atoms with Crippen LogP contribution in [0.1, 0.15) is 25.5 Å². The second-order valence-corrected chi connectivity index (χ2v) is 4.68. The van der Waals surface area contributed by atoms with E-state index in [1.807, 2.05) is 18.2 Å². The molecule has 0 saturated carbocycles. The number of hydrogen-bond donors (Lipinski definition) is 1. The lowest BCUT2D eigenvalue weighted by atomic mass is 9.99. The molecular formula is C16H20FNO. The van der Waals surface area contributed by atoms with Gasteiger partial charge in [-0.3, -0.25) is 0 Å². The number of aliphatic hydroxyl groups is 1. The summed E-state index contributed by atoms with van der Waals surface area (Å²) < 4.78 is 13.7. The normalized spacial score (nSPS) is 13.1. The maximum Gasteiger partial charge on any atom is 0.131 e. The highest BCUT2D eigenvalue weighted by molar-refractivity contribution is 5.86. The summed E-state index contributed by atoms with van der Waals surface area (Å²) in [7, 11) is 0. The van der Waals surface area contributed by atoms with E-state index in [0.29, 0.717) is 11.9 Å². The molecule has 0 saturated heterocycles. The zero-order chi connectivity index (χ0) is 13.8. The summed E-state index contributed by atoms with van der Waals surface area (Å²) in [6.45, 7) is 6.50. The predicted octanol–water partition coefficient (Wildman–Crippen LogP) is 3.35. The molecule has 0 aliphatic carbocycles. The van der Waals surface area contributed by atoms with Gasteiger partial charge in [-0.05, 0) is 30.1 Å². The molecule has 0 heterocycles. The standard InChI is InChI=1S/C16H20FNO/c1-3-18(4-2)11-16(19)14-9-10-15(17)13-8-6-5-7-12(13)14/h5-10,16,19H,3-4,11H2,1-2H3/t16-/m1/s1. The highest BCUT2D eigenvalue weighted by Crippen LogP contribution is 2.26. The second-order valence-electron chi connectivity index (χ2n) is 4.68. The van der Waals surface area contributed by atoms with Crippen molar-refractivity contribution in [2.45, 2.75) is 20.0 Å². The molecule has 0 unspecified atom stereocenters. The quantitative estimate of drug-likeness (QED) is 0.892. The van der Waals surface area contributed by atoms with Gasteiger partial charge in [0.15, 0.2) is 0 Å². The summed E-state index contributed by atoms with van der Waals surface area (Å²) in [5, 5.41) is 11.7. The minimum absolute atomic E-state index is 0.241. The summed E-state index contributed by atoms with van der Waals surface area (Å²) in [5.41, 5.74) is 0.795. The average Bonchev–Trinajstić information content (AvgIpc) is 2.45. The minimum Gasteiger partial charge on any atom is -0.387 e. The fraction of sp³-hybridized carbons (Fsp3) is 0.375. The molecule has 0 aliphatic heterocycles. The summed E-state index contributed by atoms with van der Waals surface area (Å²) in [5.74, 6) is -0.241. The first-order valence-corrected chi connectivity index (χ1v) is 6.75. The molecule has 2 aromatic rings. The molecule has 2 rings (SSSR count). The van der Waals surface area contributed by atoms with Crippen LogP contribution in [0.3, 0.4) is 0 Å². The van der Waals surface area contributed by atoms with Crippen LogP contribution in [0, 0.1) is 5.82 Å². The van der Waals surface area contributed by atoms with Gasteiger partial charge >= 0.3 is 0 Å². The molecule has 0 aromatic heterocycles. The molecule has 0 amide bonds. The van der Waals surface area contributed by atoms with Gasteiger partial charge in [0.2, 0.25) is 0 Å². The van der Waals surface area contributed by atoms with Crippen LogP contribution in [0.5, 0.6) is 0 Å². The van der Waals surface area contributed by atoms with Gasteiger partial charge in [0.1, 0.15) is 5.82 Å². The van der Waals surface area contributed by atoms with Gasteiger partial charge in [-0.1, -0.05) is 44.2 Å². The Morgan fingerprint density at radius 1 is 1.05 bits per heavy atom. The van der Waals surface area contributed by atoms with Gasteiger partial charge < -0.3 is 10.0 Å². The highest BCUT2D eigenvalue weighted by Gasteiger charge is 2.15. The molecule has 102 valence electrons. The van der Waals surface area contributed by atoms with Crippen molar-refractivity contribution in [2.75, 3.05) is 19.6 Å². The van der Waals surface area contributed by atoms with E-state index in [1.165, 1.54) is 6.07 Å². The monoisotopic (exact) mass is 261 g/mol. The Balaban J connectivity index is 2.37. The first kappa shape index (κ1) is 14.0. The largest absolute Gasteiger partial charge is 0.387 e. The van der Waals surface area contributed by atoms with Crippen LogP contribution in [0.25, 0.3) is 10.8 Å². The van der Waals surface area contributed by atoms with E-state index in [1.54, 1.807) is 12.1 Å². The fourth-order valence-corrected chi connectivity index (χ4v) is 2.40. The summed E-state index contributed by atoms with van der Waals surface area (Å²) >= 11 is 0. The highest BCUT2D eigenvalue weighted by atomic mass is 19.1. The topological polar surface area (TPSA) is 23.5 Å². The van der Waals surface area contributed by atoms with Crippen LogP contribution in [0.2, 0.25) is 0 Å². The average molecular weight is 261 g/mol. The lowest BCUT2D eigenvalue weighted by Gasteiger charge is -2.23. The van der Waals surface area contributed by atoms with Crippen LogP contribution in [-0.2, 0) is 0 Å². The third-order valence-corrected chi connectivity index (χ3v) is 3.59. The van der Waals surface area contributed by atoms with Gasteiger partial charge in [0, 0.05) is 11.9 Å². The van der Waals surface area contributed by atoms with Crippen LogP contribution in [0.15, 0.2) is 36.4 Å². The lowest BCUT2D eigenvalue weighted by molar-refractivity contribution is 0.120. The lowest BCUT2D eigenvalue weighted by Crippen LogP contribution is -2.28. The first-order chi connectivity index (χ1) is 9.17. The summed E-state index contributed by atoms with van der Waals surface area (Å²) in [4.78, 5) is 2.16. The van der Waals surface area contributed by atoms with Crippen molar-refractivity contribution in [3.8, 4) is 0 Å². The maximum atomic E-state index is 13.7. The number of hydrogen-bond acceptors (Lipinski definition) is 2. The number of likely N-dealkylation sites (N-methyl/N-ethyl adjacent to an activating group) is 1. The van der Waals surface area contributed by atoms with Crippen LogP contribution < -0.4 is 0 Å². The Labute approximate surface area is 113 Å². The van der Waals surface area contributed by atoms with E-state index in [-0.39, 0.29) is 5.82 Å². The van der Waals surface area contributed by atoms with Crippen molar-refractivity contribution in [3.05, 3.63) is 47.8 Å². The predicted molar refractivity (Wildman–Crippen MR) is 76.7 cm³/mol. The van der Waals surface area contributed by atoms with Gasteiger partial charge in [0.05, 0.1) is 6.10 Å². The molecule has 1 atom stereocenters. The number of aliphatic hydroxyl groups excluding tert-OH is 1. The minimum atomic E-state index is -0.592. The summed E-state index contributed by atoms with van der Waals surface area (Å²) in [6.07, 6.45) is -0.592. The Hall–Kier alpha value is -1.45. The third kappa shape index (κ3) is 2.94. The SMILES string of the molecule is CCN(CC)C[C@@H](O)c1ccc(F)c2ccccc12. The van der Waals surface area contributed by atoms with Crippen LogP contribution in [0.4, 0.5) is 4.39 Å². The molecular weight excluding hydrogens is 241 g/mol. The molecule has 1 N–H and O–H groups in total. The first-order valence-electron chi connectivity index (χ1n) is 6.75. The van der Waals surface area contributed by atoms with Gasteiger partial charge in [-0.25, -0.2) is 4.39 Å². The third-order valence-electron chi connectivity index (χ3n) is 3.59. The van der Waals surface area contributed by atoms with E-state index in [2.05, 4.69) is 18.7 Å². The number of fused-ring (bicyclic) bond motifs is 1. The smallest absolute Gasteiger partial charge is 0.131 e. The van der Waals surface area contributed by atoms with E-state index in [0.717, 1.165) is 24.0 Å². The van der Waals surface area contributed by atoms with E-state index >= 15 is 0 Å². The van der Waals surface area contributed by atoms with Gasteiger partial charge in [-0.15, -0.1) is 0 Å². The second kappa shape index (κ2) is 6.13. The van der Waals surface area contributed by atoms with Crippen LogP contribution in [-0.4, -0.2) is 29.6 Å². The van der Waals surface area contributed by atoms with Gasteiger partial charge in [-0.2, -0.15) is 0 Å². The molecule has 19 heavy (non-hydrogen) atoms. The van der Waals surface area contributed by atoms with Crippen molar-refractivity contribution in [3.63, 3.8) is 0 Å². The number of rotatable bonds is 5. The zero-order valence-electron chi connectivity index (χ0n) is 11.4. The number of nitrogens with zero attached hydrogens (tertiary/aromatic N) is 1. The van der Waals surface area contributed by atoms with Crippen molar-refractivity contribution < 1.29 is 9.50 Å². The molecule has 2 nitrogen and oxygen atoms in total. The summed E-state index contributed by atoms with van der Waals surface area (Å²) in [6, 6.07) is 10.4. The molecule has 0 radical (unpaired) electrons. The molecule has 0 spiro atoms. The molecule has 0 aliphatic rings. The van der Waals surface area contributed by atoms with E-state index in [9.17, 15) is 9.50 Å². The van der Waals surface area contributed by atoms with Crippen molar-refractivity contribution in [1.29, 1.82) is 0 Å². The maximum absolute atomic E-state index is 13.7. The van der Waals surface area contributed by atoms with Gasteiger partial charge in [0.25, 0.3) is 0 Å². The van der Waals surface area contributed by atoms with E-state index in [4.69, 9.17) is 0 Å². The Kier molecular flexibility index (Phi) is 4.51. The van der Waals surface area contributed by atoms with E-state index < -0.39 is 6.10 Å². The van der Waals surface area contributed by atoms with Crippen LogP contribution >= 0.6 is 0 Å². The Morgan fingerprint density at radius 3 is 2.32 bits per heavy atom. The molecule has 0 bridgehead atoms. The Bertz CT molecular complexity index is 551. The molecule has 2 aromatic carbocycles. The fourth-order valence-electron chi connectivity index (χ4n) is 2.40. The molecule has 0 fully saturated rings. The molecule has 3 heteroatoms. The zero-order valence-corrected chi connectivity index (χ0v) is 11.4. The number of halogens is 1. The number of benzene rings is 2. The van der Waals surface area contributed by atoms with Crippen molar-refractivity contribution in [1.82, 2.24) is 4.90 Å². The van der Waals surface area contributed by atoms with Crippen molar-refractivity contribution in [2.24, 2.45) is 0 Å². The Morgan fingerprint density at radius 2 is 1.68 bits per heavy atom.